The first-order valence-corrected chi connectivity index (χ1v) is 14.4. The van der Waals surface area contributed by atoms with Crippen molar-refractivity contribution in [2.75, 3.05) is 23.9 Å². The van der Waals surface area contributed by atoms with Gasteiger partial charge in [0.05, 0.1) is 18.3 Å². The number of hydrogen-bond acceptors (Lipinski definition) is 10. The van der Waals surface area contributed by atoms with E-state index in [0.29, 0.717) is 18.7 Å². The van der Waals surface area contributed by atoms with Crippen molar-refractivity contribution < 1.29 is 49.8 Å². The second-order valence-electron chi connectivity index (χ2n) is 11.5. The maximum absolute atomic E-state index is 13.3. The maximum atomic E-state index is 13.3. The Morgan fingerprint density at radius 3 is 2.50 bits per heavy atom. The predicted molar refractivity (Wildman–Crippen MR) is 156 cm³/mol. The molecule has 0 spiro atoms. The molecule has 13 nitrogen and oxygen atoms in total. The molecular formula is C31H37N3O10. The molecule has 0 unspecified atom stereocenters. The second-order valence-corrected chi connectivity index (χ2v) is 11.5. The van der Waals surface area contributed by atoms with Crippen LogP contribution in [-0.2, 0) is 37.7 Å². The highest BCUT2D eigenvalue weighted by Crippen LogP contribution is 2.45. The standard InChI is InChI=1S/C31H37N3O10/c1-16(6-5-9-23(36)34-14-18-8-4-3-7-17(18)12-20(34)15-35)31(43)21-13-19(10-11-22(21)33(2)30(31)42)32-28(40)27-25(38)24(37)26(39)29(41)44-27/h3-8,10-11,13,16,20,24-27,29,35,37-39,41,43H,9,12,14-15H2,1-2H3,(H,32,40)/b6-5+/t16-,20+,24+,25+,26-,27+,29-,31+/m1/s1. The van der Waals surface area contributed by atoms with Gasteiger partial charge in [-0.05, 0) is 35.7 Å². The molecule has 0 aliphatic carbocycles. The van der Waals surface area contributed by atoms with Gasteiger partial charge in [0, 0.05) is 37.2 Å². The van der Waals surface area contributed by atoms with Crippen LogP contribution in [0, 0.1) is 5.92 Å². The van der Waals surface area contributed by atoms with Crippen molar-refractivity contribution in [2.24, 2.45) is 5.92 Å². The first-order valence-electron chi connectivity index (χ1n) is 14.4. The van der Waals surface area contributed by atoms with Gasteiger partial charge in [-0.15, -0.1) is 0 Å². The fourth-order valence-electron chi connectivity index (χ4n) is 6.10. The molecule has 0 saturated carbocycles. The zero-order valence-corrected chi connectivity index (χ0v) is 24.3. The van der Waals surface area contributed by atoms with Crippen LogP contribution in [0.1, 0.15) is 30.0 Å². The van der Waals surface area contributed by atoms with Crippen molar-refractivity contribution in [2.45, 2.75) is 68.7 Å². The second kappa shape index (κ2) is 12.4. The Morgan fingerprint density at radius 1 is 1.09 bits per heavy atom. The average Bonchev–Trinajstić information content (AvgIpc) is 3.21. The monoisotopic (exact) mass is 611 g/mol. The number of nitrogens with zero attached hydrogens (tertiary/aromatic N) is 2. The number of fused-ring (bicyclic) bond motifs is 2. The molecule has 2 aromatic rings. The van der Waals surface area contributed by atoms with E-state index in [1.54, 1.807) is 24.0 Å². The highest BCUT2D eigenvalue weighted by molar-refractivity contribution is 6.07. The molecule has 7 N–H and O–H groups in total. The number of carbonyl (C=O) groups is 3. The lowest BCUT2D eigenvalue weighted by molar-refractivity contribution is -0.274. The van der Waals surface area contributed by atoms with Gasteiger partial charge in [-0.25, -0.2) is 0 Å². The van der Waals surface area contributed by atoms with Crippen LogP contribution in [-0.4, -0.2) is 104 Å². The molecule has 5 rings (SSSR count). The van der Waals surface area contributed by atoms with E-state index in [1.165, 1.54) is 30.1 Å². The Labute approximate surface area is 253 Å². The summed E-state index contributed by atoms with van der Waals surface area (Å²) in [4.78, 5) is 42.2. The molecule has 0 aromatic heterocycles. The fourth-order valence-corrected chi connectivity index (χ4v) is 6.10. The molecule has 236 valence electrons. The van der Waals surface area contributed by atoms with Gasteiger partial charge in [-0.2, -0.15) is 0 Å². The van der Waals surface area contributed by atoms with Crippen molar-refractivity contribution >= 4 is 29.1 Å². The molecule has 3 aliphatic rings. The van der Waals surface area contributed by atoms with Gasteiger partial charge in [0.2, 0.25) is 5.91 Å². The minimum Gasteiger partial charge on any atom is -0.394 e. The van der Waals surface area contributed by atoms with Gasteiger partial charge in [0.15, 0.2) is 18.0 Å². The summed E-state index contributed by atoms with van der Waals surface area (Å²) in [7, 11) is 1.50. The molecule has 13 heteroatoms. The minimum atomic E-state index is -2.04. The third-order valence-corrected chi connectivity index (χ3v) is 8.78. The van der Waals surface area contributed by atoms with Crippen molar-refractivity contribution in [1.29, 1.82) is 0 Å². The molecule has 8 atom stereocenters. The van der Waals surface area contributed by atoms with Crippen LogP contribution in [0.4, 0.5) is 11.4 Å². The van der Waals surface area contributed by atoms with Gasteiger partial charge < -0.3 is 50.5 Å². The lowest BCUT2D eigenvalue weighted by atomic mass is 9.82. The van der Waals surface area contributed by atoms with Crippen LogP contribution in [0.25, 0.3) is 0 Å². The number of anilines is 2. The minimum absolute atomic E-state index is 0.0117. The Bertz CT molecular complexity index is 1470. The molecule has 44 heavy (non-hydrogen) atoms. The highest BCUT2D eigenvalue weighted by Gasteiger charge is 2.52. The van der Waals surface area contributed by atoms with E-state index in [1.807, 2.05) is 24.3 Å². The van der Waals surface area contributed by atoms with Crippen molar-refractivity contribution in [3.05, 3.63) is 71.3 Å². The first kappa shape index (κ1) is 31.7. The summed E-state index contributed by atoms with van der Waals surface area (Å²) in [5.41, 5.74) is 0.794. The number of ether oxygens (including phenoxy) is 1. The van der Waals surface area contributed by atoms with Crippen LogP contribution >= 0.6 is 0 Å². The topological polar surface area (TPSA) is 200 Å². The summed E-state index contributed by atoms with van der Waals surface area (Å²) in [6, 6.07) is 11.8. The molecule has 3 aliphatic heterocycles. The molecule has 0 bridgehead atoms. The van der Waals surface area contributed by atoms with E-state index >= 15 is 0 Å². The predicted octanol–water partition coefficient (Wildman–Crippen LogP) is -0.883. The zero-order valence-electron chi connectivity index (χ0n) is 24.3. The van der Waals surface area contributed by atoms with Crippen molar-refractivity contribution in [3.63, 3.8) is 0 Å². The number of likely N-dealkylation sites (N-methyl/N-ethyl adjacent to an activating group) is 1. The van der Waals surface area contributed by atoms with E-state index in [-0.39, 0.29) is 36.2 Å². The Morgan fingerprint density at radius 2 is 1.80 bits per heavy atom. The number of rotatable bonds is 7. The fraction of sp³-hybridized carbons (Fsp3) is 0.452. The molecule has 2 aromatic carbocycles. The largest absolute Gasteiger partial charge is 0.394 e. The molecule has 3 heterocycles. The van der Waals surface area contributed by atoms with Crippen LogP contribution < -0.4 is 10.2 Å². The van der Waals surface area contributed by atoms with Gasteiger partial charge in [-0.1, -0.05) is 43.3 Å². The lowest BCUT2D eigenvalue weighted by Gasteiger charge is -2.37. The lowest BCUT2D eigenvalue weighted by Crippen LogP contribution is -2.60. The van der Waals surface area contributed by atoms with Crippen LogP contribution in [0.3, 0.4) is 0 Å². The van der Waals surface area contributed by atoms with E-state index < -0.39 is 54.0 Å². The normalized spacial score (nSPS) is 30.7. The summed E-state index contributed by atoms with van der Waals surface area (Å²) >= 11 is 0. The Balaban J connectivity index is 1.30. The van der Waals surface area contributed by atoms with E-state index in [2.05, 4.69) is 5.32 Å². The van der Waals surface area contributed by atoms with Crippen molar-refractivity contribution in [3.8, 4) is 0 Å². The third kappa shape index (κ3) is 5.52. The molecular weight excluding hydrogens is 574 g/mol. The summed E-state index contributed by atoms with van der Waals surface area (Å²) in [5.74, 6) is -2.55. The number of aliphatic hydroxyl groups is 6. The number of aliphatic hydroxyl groups excluding tert-OH is 5. The quantitative estimate of drug-likeness (QED) is 0.193. The van der Waals surface area contributed by atoms with E-state index in [9.17, 15) is 45.0 Å². The van der Waals surface area contributed by atoms with Gasteiger partial charge in [0.1, 0.15) is 18.3 Å². The number of benzene rings is 2. The Kier molecular flexibility index (Phi) is 8.92. The summed E-state index contributed by atoms with van der Waals surface area (Å²) in [6.07, 6.45) is -5.37. The van der Waals surface area contributed by atoms with Crippen LogP contribution in [0.2, 0.25) is 0 Å². The molecule has 1 saturated heterocycles. The third-order valence-electron chi connectivity index (χ3n) is 8.78. The number of carbonyl (C=O) groups excluding carboxylic acids is 3. The first-order chi connectivity index (χ1) is 20.9. The van der Waals surface area contributed by atoms with E-state index in [4.69, 9.17) is 4.74 Å². The Hall–Kier alpha value is -3.69. The molecule has 1 fully saturated rings. The van der Waals surface area contributed by atoms with Gasteiger partial charge in [-0.3, -0.25) is 14.4 Å². The average molecular weight is 612 g/mol. The SMILES string of the molecule is C[C@H](/C=C/CC(=O)N1Cc2ccccc2C[C@H]1CO)[C@@]1(O)C(=O)N(C)c2ccc(NC(=O)[C@H]3O[C@@H](O)[C@H](O)[C@@H](O)[C@@H]3O)cc21. The van der Waals surface area contributed by atoms with E-state index in [0.717, 1.165) is 11.1 Å². The number of hydrogen-bond donors (Lipinski definition) is 7. The number of nitrogens with one attached hydrogen (secondary N) is 1. The van der Waals surface area contributed by atoms with Crippen molar-refractivity contribution in [1.82, 2.24) is 4.90 Å². The summed E-state index contributed by atoms with van der Waals surface area (Å²) < 4.78 is 4.98. The van der Waals surface area contributed by atoms with Crippen LogP contribution in [0.5, 0.6) is 0 Å². The number of amides is 3. The highest BCUT2D eigenvalue weighted by atomic mass is 16.6. The summed E-state index contributed by atoms with van der Waals surface area (Å²) in [6.45, 7) is 1.83. The van der Waals surface area contributed by atoms with Crippen LogP contribution in [0.15, 0.2) is 54.6 Å². The van der Waals surface area contributed by atoms with Gasteiger partial charge >= 0.3 is 0 Å². The summed E-state index contributed by atoms with van der Waals surface area (Å²) in [5, 5.41) is 63.7. The maximum Gasteiger partial charge on any atom is 0.264 e. The van der Waals surface area contributed by atoms with Gasteiger partial charge in [0.25, 0.3) is 11.8 Å². The molecule has 0 radical (unpaired) electrons. The molecule has 3 amide bonds. The zero-order chi connectivity index (χ0) is 31.9. The smallest absolute Gasteiger partial charge is 0.264 e.